The summed E-state index contributed by atoms with van der Waals surface area (Å²) in [5.41, 5.74) is 2.28. The molecule has 10 heteroatoms. The summed E-state index contributed by atoms with van der Waals surface area (Å²) in [5, 5.41) is 2.68. The maximum absolute atomic E-state index is 13.6. The third kappa shape index (κ3) is 4.43. The molecule has 1 atom stereocenters. The molecule has 36 heavy (non-hydrogen) atoms. The predicted octanol–water partition coefficient (Wildman–Crippen LogP) is 4.19. The number of thiophene rings is 1. The van der Waals surface area contributed by atoms with Crippen molar-refractivity contribution in [1.82, 2.24) is 9.29 Å². The van der Waals surface area contributed by atoms with E-state index in [1.54, 1.807) is 35.7 Å². The Balaban J connectivity index is 1.46. The van der Waals surface area contributed by atoms with Gasteiger partial charge in [0.05, 0.1) is 18.7 Å². The third-order valence-corrected chi connectivity index (χ3v) is 9.49. The van der Waals surface area contributed by atoms with Crippen LogP contribution < -0.4 is 9.64 Å². The number of nitrogens with one attached hydrogen (secondary N) is 1. The van der Waals surface area contributed by atoms with Crippen LogP contribution in [-0.4, -0.2) is 48.7 Å². The zero-order valence-electron chi connectivity index (χ0n) is 19.6. The number of hydrogen-bond acceptors (Lipinski definition) is 6. The summed E-state index contributed by atoms with van der Waals surface area (Å²) in [5.74, 6) is -0.367. The first-order valence-electron chi connectivity index (χ1n) is 11.6. The van der Waals surface area contributed by atoms with E-state index in [0.717, 1.165) is 32.7 Å². The Hall–Kier alpha value is -3.47. The number of fused-ring (bicyclic) bond motifs is 1. The Labute approximate surface area is 213 Å². The summed E-state index contributed by atoms with van der Waals surface area (Å²) in [7, 11) is -4.00. The van der Waals surface area contributed by atoms with Crippen molar-refractivity contribution in [2.75, 3.05) is 18.1 Å². The average molecular weight is 524 g/mol. The van der Waals surface area contributed by atoms with E-state index < -0.39 is 27.9 Å². The minimum atomic E-state index is -4.00. The molecule has 1 aliphatic rings. The lowest BCUT2D eigenvalue weighted by Gasteiger charge is -2.26. The van der Waals surface area contributed by atoms with Gasteiger partial charge in [-0.3, -0.25) is 9.59 Å². The van der Waals surface area contributed by atoms with Crippen molar-refractivity contribution in [3.8, 4) is 5.75 Å². The van der Waals surface area contributed by atoms with Crippen LogP contribution in [-0.2, 0) is 26.0 Å². The molecule has 186 valence electrons. The van der Waals surface area contributed by atoms with Gasteiger partial charge in [-0.1, -0.05) is 24.3 Å². The van der Waals surface area contributed by atoms with Crippen molar-refractivity contribution < 1.29 is 22.7 Å². The van der Waals surface area contributed by atoms with Crippen LogP contribution in [0.3, 0.4) is 0 Å². The van der Waals surface area contributed by atoms with E-state index in [4.69, 9.17) is 4.74 Å². The number of amides is 2. The van der Waals surface area contributed by atoms with Crippen molar-refractivity contribution in [3.05, 3.63) is 77.8 Å². The Bertz CT molecular complexity index is 1490. The lowest BCUT2D eigenvalue weighted by Crippen LogP contribution is -2.46. The van der Waals surface area contributed by atoms with Gasteiger partial charge in [0.1, 0.15) is 16.0 Å². The smallest absolute Gasteiger partial charge is 0.253 e. The molecule has 1 saturated heterocycles. The number of rotatable bonds is 9. The average Bonchev–Trinajstić information content (AvgIpc) is 3.61. The molecule has 1 fully saturated rings. The van der Waals surface area contributed by atoms with Crippen LogP contribution in [0.2, 0.25) is 0 Å². The molecule has 8 nitrogen and oxygen atoms in total. The number of hydrogen-bond donors (Lipinski definition) is 1. The topological polar surface area (TPSA) is 99.8 Å². The number of ether oxygens (including phenoxy) is 1. The summed E-state index contributed by atoms with van der Waals surface area (Å²) < 4.78 is 34.1. The molecule has 2 aromatic carbocycles. The van der Waals surface area contributed by atoms with E-state index in [2.05, 4.69) is 4.98 Å². The van der Waals surface area contributed by atoms with Crippen LogP contribution in [0, 0.1) is 0 Å². The highest BCUT2D eigenvalue weighted by Crippen LogP contribution is 2.32. The Morgan fingerprint density at radius 2 is 1.86 bits per heavy atom. The van der Waals surface area contributed by atoms with E-state index in [0.29, 0.717) is 24.5 Å². The fourth-order valence-corrected chi connectivity index (χ4v) is 7.21. The first-order chi connectivity index (χ1) is 17.4. The third-order valence-electron chi connectivity index (χ3n) is 6.21. The van der Waals surface area contributed by atoms with E-state index in [1.807, 2.05) is 37.4 Å². The maximum atomic E-state index is 13.6. The van der Waals surface area contributed by atoms with Crippen LogP contribution in [0.1, 0.15) is 18.9 Å². The molecule has 1 aliphatic heterocycles. The van der Waals surface area contributed by atoms with Crippen molar-refractivity contribution in [3.63, 3.8) is 0 Å². The van der Waals surface area contributed by atoms with Gasteiger partial charge in [-0.15, -0.1) is 11.3 Å². The fraction of sp³-hybridized carbons (Fsp3) is 0.231. The second-order valence-electron chi connectivity index (χ2n) is 8.37. The number of aromatic amines is 1. The second kappa shape index (κ2) is 9.88. The molecule has 0 bridgehead atoms. The summed E-state index contributed by atoms with van der Waals surface area (Å²) >= 11 is 1.09. The van der Waals surface area contributed by atoms with Crippen LogP contribution in [0.4, 0.5) is 5.69 Å². The van der Waals surface area contributed by atoms with Crippen molar-refractivity contribution in [1.29, 1.82) is 0 Å². The summed E-state index contributed by atoms with van der Waals surface area (Å²) in [6, 6.07) is 16.5. The zero-order valence-corrected chi connectivity index (χ0v) is 21.2. The number of carbonyl (C=O) groups excluding carboxylic acids is 2. The highest BCUT2D eigenvalue weighted by atomic mass is 32.2. The van der Waals surface area contributed by atoms with Crippen LogP contribution in [0.25, 0.3) is 10.9 Å². The van der Waals surface area contributed by atoms with E-state index in [9.17, 15) is 18.0 Å². The van der Waals surface area contributed by atoms with E-state index in [1.165, 1.54) is 10.4 Å². The normalized spacial score (nSPS) is 16.4. The Morgan fingerprint density at radius 1 is 1.08 bits per heavy atom. The molecule has 4 aromatic rings. The Morgan fingerprint density at radius 3 is 2.58 bits per heavy atom. The minimum absolute atomic E-state index is 0.0584. The molecule has 0 saturated carbocycles. The van der Waals surface area contributed by atoms with Gasteiger partial charge in [0, 0.05) is 23.6 Å². The van der Waals surface area contributed by atoms with Crippen LogP contribution in [0.15, 0.2) is 76.4 Å². The summed E-state index contributed by atoms with van der Waals surface area (Å²) in [6.07, 6.45) is 2.02. The van der Waals surface area contributed by atoms with Crippen LogP contribution in [0.5, 0.6) is 5.75 Å². The van der Waals surface area contributed by atoms with Gasteiger partial charge in [0.25, 0.3) is 15.9 Å². The van der Waals surface area contributed by atoms with Crippen LogP contribution >= 0.6 is 11.3 Å². The number of benzene rings is 2. The molecule has 0 aliphatic carbocycles. The number of nitrogens with zero attached hydrogens (tertiary/aromatic N) is 2. The maximum Gasteiger partial charge on any atom is 0.253 e. The highest BCUT2D eigenvalue weighted by molar-refractivity contribution is 7.91. The SMILES string of the molecule is CCOc1ccc(N2C(=O)CC(N(CCc3c[nH]c4ccccc34)S(=O)(=O)c3cccs3)C2=O)cc1. The molecule has 1 unspecified atom stereocenters. The lowest BCUT2D eigenvalue weighted by molar-refractivity contribution is -0.122. The number of para-hydroxylation sites is 1. The van der Waals surface area contributed by atoms with Gasteiger partial charge < -0.3 is 9.72 Å². The number of anilines is 1. The molecule has 0 radical (unpaired) electrons. The lowest BCUT2D eigenvalue weighted by atomic mass is 10.1. The number of carbonyl (C=O) groups is 2. The summed E-state index contributed by atoms with van der Waals surface area (Å²) in [6.45, 7) is 2.42. The Kier molecular flexibility index (Phi) is 6.65. The van der Waals surface area contributed by atoms with Crippen molar-refractivity contribution >= 4 is 49.8 Å². The number of H-pyrrole nitrogens is 1. The first kappa shape index (κ1) is 24.2. The van der Waals surface area contributed by atoms with Gasteiger partial charge in [-0.25, -0.2) is 13.3 Å². The predicted molar refractivity (Wildman–Crippen MR) is 139 cm³/mol. The zero-order chi connectivity index (χ0) is 25.3. The monoisotopic (exact) mass is 523 g/mol. The standard InChI is InChI=1S/C26H25N3O5S2/c1-2-34-20-11-9-19(10-12-20)29-24(30)16-23(26(29)31)28(36(32,33)25-8-5-15-35-25)14-13-18-17-27-22-7-4-3-6-21(18)22/h3-12,15,17,23,27H,2,13-14,16H2,1H3. The van der Waals surface area contributed by atoms with Gasteiger partial charge in [-0.05, 0) is 60.7 Å². The fourth-order valence-electron chi connectivity index (χ4n) is 4.51. The van der Waals surface area contributed by atoms with Gasteiger partial charge in [0.2, 0.25) is 5.91 Å². The largest absolute Gasteiger partial charge is 0.494 e. The van der Waals surface area contributed by atoms with Gasteiger partial charge in [-0.2, -0.15) is 4.31 Å². The second-order valence-corrected chi connectivity index (χ2v) is 11.4. The molecule has 2 aromatic heterocycles. The van der Waals surface area contributed by atoms with Gasteiger partial charge in [0.15, 0.2) is 0 Å². The molecular weight excluding hydrogens is 498 g/mol. The van der Waals surface area contributed by atoms with Gasteiger partial charge >= 0.3 is 0 Å². The van der Waals surface area contributed by atoms with Crippen molar-refractivity contribution in [2.24, 2.45) is 0 Å². The quantitative estimate of drug-likeness (QED) is 0.332. The molecule has 3 heterocycles. The molecule has 2 amide bonds. The molecule has 1 N–H and O–H groups in total. The first-order valence-corrected chi connectivity index (χ1v) is 13.9. The summed E-state index contributed by atoms with van der Waals surface area (Å²) in [4.78, 5) is 30.8. The molecular formula is C26H25N3O5S2. The minimum Gasteiger partial charge on any atom is -0.494 e. The van der Waals surface area contributed by atoms with Crippen molar-refractivity contribution in [2.45, 2.75) is 30.0 Å². The molecule has 0 spiro atoms. The number of aromatic nitrogens is 1. The van der Waals surface area contributed by atoms with E-state index >= 15 is 0 Å². The van der Waals surface area contributed by atoms with E-state index in [-0.39, 0.29) is 17.2 Å². The highest BCUT2D eigenvalue weighted by Gasteiger charge is 2.47. The number of sulfonamides is 1. The number of imide groups is 1. The molecule has 5 rings (SSSR count).